The van der Waals surface area contributed by atoms with Gasteiger partial charge in [-0.1, -0.05) is 0 Å². The van der Waals surface area contributed by atoms with Gasteiger partial charge in [0.2, 0.25) is 0 Å². The lowest BCUT2D eigenvalue weighted by Gasteiger charge is -2.30. The first kappa shape index (κ1) is 11.0. The van der Waals surface area contributed by atoms with E-state index in [-0.39, 0.29) is 12.6 Å². The average molecular weight is 200 g/mol. The van der Waals surface area contributed by atoms with Crippen molar-refractivity contribution in [1.82, 2.24) is 10.2 Å². The van der Waals surface area contributed by atoms with Crippen molar-refractivity contribution in [3.05, 3.63) is 0 Å². The van der Waals surface area contributed by atoms with Gasteiger partial charge in [-0.05, 0) is 19.8 Å². The fourth-order valence-corrected chi connectivity index (χ4v) is 1.21. The Balaban J connectivity index is 2.29. The molecule has 1 aliphatic rings. The molecule has 14 heavy (non-hydrogen) atoms. The summed E-state index contributed by atoms with van der Waals surface area (Å²) in [5.41, 5.74) is 0. The van der Waals surface area contributed by atoms with Crippen LogP contribution in [0.2, 0.25) is 0 Å². The molecule has 0 bridgehead atoms. The van der Waals surface area contributed by atoms with Crippen LogP contribution in [0.1, 0.15) is 19.8 Å². The third-order valence-electron chi connectivity index (χ3n) is 2.28. The van der Waals surface area contributed by atoms with Gasteiger partial charge in [-0.2, -0.15) is 0 Å². The number of likely N-dealkylation sites (tertiary alicyclic amines) is 1. The van der Waals surface area contributed by atoms with Crippen LogP contribution in [0.5, 0.6) is 0 Å². The number of aliphatic hydroxyl groups is 1. The van der Waals surface area contributed by atoms with E-state index in [1.165, 1.54) is 4.90 Å². The number of carbonyl (C=O) groups excluding carboxylic acids is 2. The zero-order chi connectivity index (χ0) is 10.6. The van der Waals surface area contributed by atoms with E-state index in [1.807, 2.05) is 0 Å². The van der Waals surface area contributed by atoms with E-state index in [0.29, 0.717) is 19.5 Å². The summed E-state index contributed by atoms with van der Waals surface area (Å²) in [4.78, 5) is 24.1. The molecule has 0 radical (unpaired) electrons. The summed E-state index contributed by atoms with van der Waals surface area (Å²) in [5, 5.41) is 11.1. The predicted molar refractivity (Wildman–Crippen MR) is 50.5 cm³/mol. The van der Waals surface area contributed by atoms with Gasteiger partial charge >= 0.3 is 11.8 Å². The fourth-order valence-electron chi connectivity index (χ4n) is 1.21. The molecule has 1 aliphatic heterocycles. The molecule has 5 nitrogen and oxygen atoms in total. The van der Waals surface area contributed by atoms with Crippen molar-refractivity contribution in [3.8, 4) is 0 Å². The molecule has 1 unspecified atom stereocenters. The topological polar surface area (TPSA) is 69.6 Å². The SMILES string of the molecule is CC(CCO)NC(=O)C(=O)N1CCC1. The van der Waals surface area contributed by atoms with Crippen LogP contribution in [-0.2, 0) is 9.59 Å². The second kappa shape index (κ2) is 4.95. The first-order chi connectivity index (χ1) is 6.65. The monoisotopic (exact) mass is 200 g/mol. The normalized spacial score (nSPS) is 17.1. The van der Waals surface area contributed by atoms with Crippen LogP contribution in [-0.4, -0.2) is 47.6 Å². The highest BCUT2D eigenvalue weighted by Gasteiger charge is 2.26. The van der Waals surface area contributed by atoms with Gasteiger partial charge < -0.3 is 15.3 Å². The fraction of sp³-hybridized carbons (Fsp3) is 0.778. The molecule has 2 amide bonds. The summed E-state index contributed by atoms with van der Waals surface area (Å²) in [6.45, 7) is 3.14. The second-order valence-electron chi connectivity index (χ2n) is 3.53. The molecule has 0 aromatic heterocycles. The van der Waals surface area contributed by atoms with Gasteiger partial charge in [0.1, 0.15) is 0 Å². The van der Waals surface area contributed by atoms with E-state index in [0.717, 1.165) is 6.42 Å². The van der Waals surface area contributed by atoms with Crippen molar-refractivity contribution >= 4 is 11.8 Å². The Morgan fingerprint density at radius 3 is 2.57 bits per heavy atom. The Morgan fingerprint density at radius 2 is 2.14 bits per heavy atom. The Kier molecular flexibility index (Phi) is 3.88. The molecule has 1 saturated heterocycles. The molecule has 1 atom stereocenters. The first-order valence-corrected chi connectivity index (χ1v) is 4.85. The quantitative estimate of drug-likeness (QED) is 0.580. The van der Waals surface area contributed by atoms with Crippen molar-refractivity contribution in [2.75, 3.05) is 19.7 Å². The maximum atomic E-state index is 11.3. The zero-order valence-corrected chi connectivity index (χ0v) is 8.32. The maximum Gasteiger partial charge on any atom is 0.311 e. The molecule has 0 aromatic carbocycles. The Morgan fingerprint density at radius 1 is 1.50 bits per heavy atom. The predicted octanol–water partition coefficient (Wildman–Crippen LogP) is -0.894. The van der Waals surface area contributed by atoms with Crippen LogP contribution in [0, 0.1) is 0 Å². The molecule has 80 valence electrons. The molecule has 0 aliphatic carbocycles. The Labute approximate surface area is 83.1 Å². The van der Waals surface area contributed by atoms with Crippen LogP contribution in [0.15, 0.2) is 0 Å². The molecular formula is C9H16N2O3. The molecule has 1 rings (SSSR count). The van der Waals surface area contributed by atoms with Gasteiger partial charge in [0, 0.05) is 25.7 Å². The standard InChI is InChI=1S/C9H16N2O3/c1-7(3-6-12)10-8(13)9(14)11-4-2-5-11/h7,12H,2-6H2,1H3,(H,10,13). The first-order valence-electron chi connectivity index (χ1n) is 4.85. The molecular weight excluding hydrogens is 184 g/mol. The maximum absolute atomic E-state index is 11.3. The van der Waals surface area contributed by atoms with Crippen LogP contribution >= 0.6 is 0 Å². The average Bonchev–Trinajstić information content (AvgIpc) is 2.01. The van der Waals surface area contributed by atoms with Crippen LogP contribution in [0.3, 0.4) is 0 Å². The summed E-state index contributed by atoms with van der Waals surface area (Å²) >= 11 is 0. The minimum atomic E-state index is -0.564. The van der Waals surface area contributed by atoms with E-state index >= 15 is 0 Å². The van der Waals surface area contributed by atoms with Gasteiger partial charge in [0.25, 0.3) is 0 Å². The molecule has 0 saturated carbocycles. The van der Waals surface area contributed by atoms with E-state index in [4.69, 9.17) is 5.11 Å². The van der Waals surface area contributed by atoms with Crippen LogP contribution < -0.4 is 5.32 Å². The number of hydrogen-bond acceptors (Lipinski definition) is 3. The smallest absolute Gasteiger partial charge is 0.311 e. The highest BCUT2D eigenvalue weighted by molar-refractivity contribution is 6.35. The second-order valence-corrected chi connectivity index (χ2v) is 3.53. The summed E-state index contributed by atoms with van der Waals surface area (Å²) < 4.78 is 0. The number of hydrogen-bond donors (Lipinski definition) is 2. The third-order valence-corrected chi connectivity index (χ3v) is 2.28. The molecule has 1 heterocycles. The molecule has 2 N–H and O–H groups in total. The van der Waals surface area contributed by atoms with Gasteiger partial charge in [-0.15, -0.1) is 0 Å². The lowest BCUT2D eigenvalue weighted by Crippen LogP contribution is -2.50. The van der Waals surface area contributed by atoms with Crippen molar-refractivity contribution in [3.63, 3.8) is 0 Å². The largest absolute Gasteiger partial charge is 0.396 e. The Bertz CT molecular complexity index is 226. The molecule has 1 fully saturated rings. The third kappa shape index (κ3) is 2.70. The summed E-state index contributed by atoms with van der Waals surface area (Å²) in [5.74, 6) is -1.02. The van der Waals surface area contributed by atoms with E-state index < -0.39 is 11.8 Å². The number of aliphatic hydroxyl groups excluding tert-OH is 1. The van der Waals surface area contributed by atoms with E-state index in [1.54, 1.807) is 6.92 Å². The van der Waals surface area contributed by atoms with E-state index in [9.17, 15) is 9.59 Å². The number of amides is 2. The van der Waals surface area contributed by atoms with Gasteiger partial charge in [-0.25, -0.2) is 0 Å². The number of rotatable bonds is 3. The van der Waals surface area contributed by atoms with Crippen molar-refractivity contribution < 1.29 is 14.7 Å². The number of carbonyl (C=O) groups is 2. The minimum Gasteiger partial charge on any atom is -0.396 e. The van der Waals surface area contributed by atoms with E-state index in [2.05, 4.69) is 5.32 Å². The zero-order valence-electron chi connectivity index (χ0n) is 8.32. The minimum absolute atomic E-state index is 0.0132. The van der Waals surface area contributed by atoms with Gasteiger partial charge in [0.05, 0.1) is 0 Å². The van der Waals surface area contributed by atoms with Gasteiger partial charge in [0.15, 0.2) is 0 Å². The van der Waals surface area contributed by atoms with Gasteiger partial charge in [-0.3, -0.25) is 9.59 Å². The lowest BCUT2D eigenvalue weighted by atomic mass is 10.2. The lowest BCUT2D eigenvalue weighted by molar-refractivity contribution is -0.148. The summed E-state index contributed by atoms with van der Waals surface area (Å²) in [6, 6.07) is -0.155. The highest BCUT2D eigenvalue weighted by atomic mass is 16.3. The molecule has 0 spiro atoms. The molecule has 5 heteroatoms. The van der Waals surface area contributed by atoms with Crippen LogP contribution in [0.4, 0.5) is 0 Å². The summed E-state index contributed by atoms with van der Waals surface area (Å²) in [6.07, 6.45) is 1.45. The van der Waals surface area contributed by atoms with Crippen molar-refractivity contribution in [2.24, 2.45) is 0 Å². The Hall–Kier alpha value is -1.10. The number of nitrogens with zero attached hydrogens (tertiary/aromatic N) is 1. The van der Waals surface area contributed by atoms with Crippen molar-refractivity contribution in [2.45, 2.75) is 25.8 Å². The highest BCUT2D eigenvalue weighted by Crippen LogP contribution is 2.05. The van der Waals surface area contributed by atoms with Crippen LogP contribution in [0.25, 0.3) is 0 Å². The summed E-state index contributed by atoms with van der Waals surface area (Å²) in [7, 11) is 0. The van der Waals surface area contributed by atoms with Crippen molar-refractivity contribution in [1.29, 1.82) is 0 Å². The number of nitrogens with one attached hydrogen (secondary N) is 1. The molecule has 0 aromatic rings.